The molecule has 1 aromatic rings. The van der Waals surface area contributed by atoms with Gasteiger partial charge in [-0.15, -0.1) is 0 Å². The Morgan fingerprint density at radius 2 is 1.56 bits per heavy atom. The van der Waals surface area contributed by atoms with Gasteiger partial charge < -0.3 is 5.73 Å². The van der Waals surface area contributed by atoms with Gasteiger partial charge >= 0.3 is 0 Å². The standard InChI is InChI=1S/C15H25N/c1-11(2)9-15(16)10-13-5-7-14(8-6-13)12(3)4/h5-8,11-12,15H,9-10,16H2,1-4H3. The monoisotopic (exact) mass is 219 g/mol. The summed E-state index contributed by atoms with van der Waals surface area (Å²) in [6.07, 6.45) is 2.10. The lowest BCUT2D eigenvalue weighted by Gasteiger charge is -2.14. The van der Waals surface area contributed by atoms with Crippen LogP contribution in [0.15, 0.2) is 24.3 Å². The first-order chi connectivity index (χ1) is 7.49. The Bertz CT molecular complexity index is 298. The number of nitrogens with two attached hydrogens (primary N) is 1. The average molecular weight is 219 g/mol. The normalized spacial score (nSPS) is 13.4. The molecule has 0 heterocycles. The Morgan fingerprint density at radius 3 is 2.00 bits per heavy atom. The van der Waals surface area contributed by atoms with Crippen LogP contribution in [0.5, 0.6) is 0 Å². The van der Waals surface area contributed by atoms with E-state index < -0.39 is 0 Å². The summed E-state index contributed by atoms with van der Waals surface area (Å²) in [4.78, 5) is 0. The van der Waals surface area contributed by atoms with Gasteiger partial charge in [0.05, 0.1) is 0 Å². The first-order valence-corrected chi connectivity index (χ1v) is 6.33. The van der Waals surface area contributed by atoms with Crippen LogP contribution < -0.4 is 5.73 Å². The fourth-order valence-corrected chi connectivity index (χ4v) is 2.03. The van der Waals surface area contributed by atoms with E-state index in [-0.39, 0.29) is 0 Å². The third-order valence-corrected chi connectivity index (χ3v) is 2.92. The summed E-state index contributed by atoms with van der Waals surface area (Å²) in [5, 5.41) is 0. The second-order valence-electron chi connectivity index (χ2n) is 5.49. The number of benzene rings is 1. The van der Waals surface area contributed by atoms with E-state index in [1.165, 1.54) is 11.1 Å². The van der Waals surface area contributed by atoms with Crippen molar-refractivity contribution in [3.63, 3.8) is 0 Å². The first kappa shape index (κ1) is 13.2. The molecule has 0 spiro atoms. The molecule has 1 rings (SSSR count). The molecular formula is C15H25N. The van der Waals surface area contributed by atoms with Crippen molar-refractivity contribution in [1.82, 2.24) is 0 Å². The van der Waals surface area contributed by atoms with Crippen LogP contribution in [0.2, 0.25) is 0 Å². The fraction of sp³-hybridized carbons (Fsp3) is 0.600. The van der Waals surface area contributed by atoms with Gasteiger partial charge in [-0.25, -0.2) is 0 Å². The van der Waals surface area contributed by atoms with Crippen molar-refractivity contribution < 1.29 is 0 Å². The molecule has 0 radical (unpaired) electrons. The predicted molar refractivity (Wildman–Crippen MR) is 71.7 cm³/mol. The molecule has 1 atom stereocenters. The average Bonchev–Trinajstić information content (AvgIpc) is 2.16. The SMILES string of the molecule is CC(C)CC(N)Cc1ccc(C(C)C)cc1. The molecule has 1 unspecified atom stereocenters. The van der Waals surface area contributed by atoms with Crippen molar-refractivity contribution in [1.29, 1.82) is 0 Å². The minimum absolute atomic E-state index is 0.296. The third-order valence-electron chi connectivity index (χ3n) is 2.92. The van der Waals surface area contributed by atoms with E-state index in [0.717, 1.165) is 12.8 Å². The third kappa shape index (κ3) is 4.36. The zero-order chi connectivity index (χ0) is 12.1. The summed E-state index contributed by atoms with van der Waals surface area (Å²) in [5.41, 5.74) is 8.87. The molecule has 0 saturated heterocycles. The van der Waals surface area contributed by atoms with Gasteiger partial charge in [0.2, 0.25) is 0 Å². The molecule has 1 aromatic carbocycles. The van der Waals surface area contributed by atoms with Crippen LogP contribution in [-0.2, 0) is 6.42 Å². The van der Waals surface area contributed by atoms with Gasteiger partial charge in [-0.1, -0.05) is 52.0 Å². The largest absolute Gasteiger partial charge is 0.327 e. The highest BCUT2D eigenvalue weighted by Crippen LogP contribution is 2.16. The number of hydrogen-bond donors (Lipinski definition) is 1. The van der Waals surface area contributed by atoms with E-state index in [1.54, 1.807) is 0 Å². The highest BCUT2D eigenvalue weighted by molar-refractivity contribution is 5.25. The highest BCUT2D eigenvalue weighted by atomic mass is 14.6. The molecule has 16 heavy (non-hydrogen) atoms. The van der Waals surface area contributed by atoms with Crippen LogP contribution >= 0.6 is 0 Å². The summed E-state index contributed by atoms with van der Waals surface area (Å²) < 4.78 is 0. The smallest absolute Gasteiger partial charge is 0.00817 e. The molecule has 0 aliphatic rings. The highest BCUT2D eigenvalue weighted by Gasteiger charge is 2.07. The van der Waals surface area contributed by atoms with Gasteiger partial charge in [-0.2, -0.15) is 0 Å². The Balaban J connectivity index is 2.55. The van der Waals surface area contributed by atoms with E-state index in [4.69, 9.17) is 5.73 Å². The number of rotatable bonds is 5. The Labute approximate surface area is 100 Å². The zero-order valence-electron chi connectivity index (χ0n) is 11.0. The molecule has 0 amide bonds. The van der Waals surface area contributed by atoms with Crippen LogP contribution in [0.1, 0.15) is 51.2 Å². The lowest BCUT2D eigenvalue weighted by molar-refractivity contribution is 0.493. The predicted octanol–water partition coefficient (Wildman–Crippen LogP) is 3.73. The van der Waals surface area contributed by atoms with Crippen LogP contribution in [0.3, 0.4) is 0 Å². The van der Waals surface area contributed by atoms with Crippen molar-refractivity contribution in [2.75, 3.05) is 0 Å². The molecular weight excluding hydrogens is 194 g/mol. The summed E-state index contributed by atoms with van der Waals surface area (Å²) >= 11 is 0. The minimum Gasteiger partial charge on any atom is -0.327 e. The molecule has 0 bridgehead atoms. The quantitative estimate of drug-likeness (QED) is 0.802. The molecule has 1 heteroatoms. The second kappa shape index (κ2) is 6.05. The van der Waals surface area contributed by atoms with Gasteiger partial charge in [0, 0.05) is 6.04 Å². The van der Waals surface area contributed by atoms with E-state index in [0.29, 0.717) is 17.9 Å². The van der Waals surface area contributed by atoms with Crippen molar-refractivity contribution in [3.8, 4) is 0 Å². The molecule has 90 valence electrons. The maximum Gasteiger partial charge on any atom is 0.00817 e. The molecule has 0 saturated carbocycles. The minimum atomic E-state index is 0.296. The molecule has 1 nitrogen and oxygen atoms in total. The maximum atomic E-state index is 6.10. The Hall–Kier alpha value is -0.820. The van der Waals surface area contributed by atoms with Gasteiger partial charge in [0.1, 0.15) is 0 Å². The van der Waals surface area contributed by atoms with E-state index in [9.17, 15) is 0 Å². The van der Waals surface area contributed by atoms with Crippen LogP contribution in [0, 0.1) is 5.92 Å². The summed E-state index contributed by atoms with van der Waals surface area (Å²) in [6, 6.07) is 9.18. The lowest BCUT2D eigenvalue weighted by atomic mass is 9.96. The Kier molecular flexibility index (Phi) is 5.01. The molecule has 0 aliphatic carbocycles. The topological polar surface area (TPSA) is 26.0 Å². The lowest BCUT2D eigenvalue weighted by Crippen LogP contribution is -2.24. The van der Waals surface area contributed by atoms with Gasteiger partial charge in [0.15, 0.2) is 0 Å². The molecule has 2 N–H and O–H groups in total. The van der Waals surface area contributed by atoms with E-state index in [2.05, 4.69) is 52.0 Å². The Morgan fingerprint density at radius 1 is 1.00 bits per heavy atom. The summed E-state index contributed by atoms with van der Waals surface area (Å²) in [5.74, 6) is 1.29. The van der Waals surface area contributed by atoms with Crippen LogP contribution in [0.4, 0.5) is 0 Å². The number of hydrogen-bond acceptors (Lipinski definition) is 1. The van der Waals surface area contributed by atoms with Crippen LogP contribution in [0.25, 0.3) is 0 Å². The molecule has 0 aromatic heterocycles. The van der Waals surface area contributed by atoms with Gasteiger partial charge in [-0.3, -0.25) is 0 Å². The van der Waals surface area contributed by atoms with Gasteiger partial charge in [-0.05, 0) is 35.8 Å². The van der Waals surface area contributed by atoms with Crippen molar-refractivity contribution in [2.45, 2.75) is 52.5 Å². The van der Waals surface area contributed by atoms with Crippen molar-refractivity contribution >= 4 is 0 Å². The molecule has 0 aliphatic heterocycles. The zero-order valence-corrected chi connectivity index (χ0v) is 11.0. The summed E-state index contributed by atoms with van der Waals surface area (Å²) in [6.45, 7) is 8.89. The van der Waals surface area contributed by atoms with E-state index >= 15 is 0 Å². The molecule has 0 fully saturated rings. The first-order valence-electron chi connectivity index (χ1n) is 6.33. The van der Waals surface area contributed by atoms with Crippen LogP contribution in [-0.4, -0.2) is 6.04 Å². The fourth-order valence-electron chi connectivity index (χ4n) is 2.03. The van der Waals surface area contributed by atoms with Gasteiger partial charge in [0.25, 0.3) is 0 Å². The second-order valence-corrected chi connectivity index (χ2v) is 5.49. The summed E-state index contributed by atoms with van der Waals surface area (Å²) in [7, 11) is 0. The van der Waals surface area contributed by atoms with Crippen molar-refractivity contribution in [3.05, 3.63) is 35.4 Å². The van der Waals surface area contributed by atoms with Crippen molar-refractivity contribution in [2.24, 2.45) is 11.7 Å². The maximum absolute atomic E-state index is 6.10. The van der Waals surface area contributed by atoms with E-state index in [1.807, 2.05) is 0 Å².